The lowest BCUT2D eigenvalue weighted by Gasteiger charge is -2.20. The first-order valence-corrected chi connectivity index (χ1v) is 8.37. The Morgan fingerprint density at radius 1 is 1.18 bits per heavy atom. The Balaban J connectivity index is 1.98. The summed E-state index contributed by atoms with van der Waals surface area (Å²) in [4.78, 5) is 20.7. The first-order chi connectivity index (χ1) is 10.7. The number of carbonyl (C=O) groups excluding carboxylic acids is 1. The van der Waals surface area contributed by atoms with Gasteiger partial charge in [-0.05, 0) is 25.0 Å². The van der Waals surface area contributed by atoms with Gasteiger partial charge in [-0.25, -0.2) is 9.97 Å². The van der Waals surface area contributed by atoms with E-state index in [1.54, 1.807) is 18.5 Å². The van der Waals surface area contributed by atoms with Gasteiger partial charge in [0.05, 0.1) is 11.3 Å². The van der Waals surface area contributed by atoms with Gasteiger partial charge >= 0.3 is 0 Å². The molecule has 116 valence electrons. The third-order valence-electron chi connectivity index (χ3n) is 3.29. The van der Waals surface area contributed by atoms with Crippen LogP contribution in [0.2, 0.25) is 0 Å². The standard InChI is InChI=1S/C17H21N3OS/c1-3-8-15(14-9-5-4-6-10-14)20-16(21)13(2)22-17-18-11-7-12-19-17/h4-7,9-13,15H,3,8H2,1-2H3,(H,20,21). The van der Waals surface area contributed by atoms with Crippen molar-refractivity contribution in [1.29, 1.82) is 0 Å². The second kappa shape index (κ2) is 8.54. The van der Waals surface area contributed by atoms with Crippen molar-refractivity contribution in [3.63, 3.8) is 0 Å². The fourth-order valence-electron chi connectivity index (χ4n) is 2.14. The molecular weight excluding hydrogens is 294 g/mol. The molecule has 0 saturated carbocycles. The molecule has 0 bridgehead atoms. The van der Waals surface area contributed by atoms with Crippen molar-refractivity contribution < 1.29 is 4.79 Å². The number of benzene rings is 1. The largest absolute Gasteiger partial charge is 0.348 e. The van der Waals surface area contributed by atoms with Crippen molar-refractivity contribution in [3.05, 3.63) is 54.4 Å². The van der Waals surface area contributed by atoms with Gasteiger partial charge < -0.3 is 5.32 Å². The van der Waals surface area contributed by atoms with Crippen LogP contribution in [-0.2, 0) is 4.79 Å². The Hall–Kier alpha value is -1.88. The number of amides is 1. The first kappa shape index (κ1) is 16.5. The molecule has 2 aromatic rings. The average Bonchev–Trinajstić information content (AvgIpc) is 2.56. The van der Waals surface area contributed by atoms with Gasteiger partial charge in [0, 0.05) is 12.4 Å². The van der Waals surface area contributed by atoms with E-state index in [4.69, 9.17) is 0 Å². The van der Waals surface area contributed by atoms with E-state index >= 15 is 0 Å². The van der Waals surface area contributed by atoms with E-state index in [-0.39, 0.29) is 17.2 Å². The van der Waals surface area contributed by atoms with Crippen molar-refractivity contribution in [2.75, 3.05) is 0 Å². The molecule has 0 saturated heterocycles. The van der Waals surface area contributed by atoms with Gasteiger partial charge in [-0.15, -0.1) is 0 Å². The Morgan fingerprint density at radius 3 is 2.50 bits per heavy atom. The summed E-state index contributed by atoms with van der Waals surface area (Å²) >= 11 is 1.37. The monoisotopic (exact) mass is 315 g/mol. The SMILES string of the molecule is CCCC(NC(=O)C(C)Sc1ncccn1)c1ccccc1. The summed E-state index contributed by atoms with van der Waals surface area (Å²) in [7, 11) is 0. The number of nitrogens with one attached hydrogen (secondary N) is 1. The van der Waals surface area contributed by atoms with E-state index < -0.39 is 0 Å². The molecule has 22 heavy (non-hydrogen) atoms. The van der Waals surface area contributed by atoms with Crippen molar-refractivity contribution in [2.24, 2.45) is 0 Å². The van der Waals surface area contributed by atoms with Crippen LogP contribution in [0.3, 0.4) is 0 Å². The minimum Gasteiger partial charge on any atom is -0.348 e. The number of nitrogens with zero attached hydrogens (tertiary/aromatic N) is 2. The zero-order valence-corrected chi connectivity index (χ0v) is 13.7. The maximum absolute atomic E-state index is 12.4. The lowest BCUT2D eigenvalue weighted by molar-refractivity contribution is -0.121. The molecule has 1 aromatic carbocycles. The summed E-state index contributed by atoms with van der Waals surface area (Å²) in [5.41, 5.74) is 1.14. The predicted molar refractivity (Wildman–Crippen MR) is 89.6 cm³/mol. The molecule has 2 atom stereocenters. The van der Waals surface area contributed by atoms with Crippen LogP contribution in [0.4, 0.5) is 0 Å². The molecular formula is C17H21N3OS. The van der Waals surface area contributed by atoms with E-state index in [1.165, 1.54) is 11.8 Å². The van der Waals surface area contributed by atoms with E-state index in [2.05, 4.69) is 34.3 Å². The van der Waals surface area contributed by atoms with Gasteiger partial charge in [-0.3, -0.25) is 4.79 Å². The summed E-state index contributed by atoms with van der Waals surface area (Å²) in [6.45, 7) is 4.00. The Kier molecular flexibility index (Phi) is 6.40. The maximum Gasteiger partial charge on any atom is 0.233 e. The molecule has 2 rings (SSSR count). The second-order valence-corrected chi connectivity index (χ2v) is 6.36. The number of thioether (sulfide) groups is 1. The van der Waals surface area contributed by atoms with Crippen LogP contribution in [0.1, 0.15) is 38.3 Å². The van der Waals surface area contributed by atoms with E-state index in [0.717, 1.165) is 18.4 Å². The molecule has 0 aliphatic rings. The van der Waals surface area contributed by atoms with Crippen molar-refractivity contribution in [2.45, 2.75) is 43.1 Å². The van der Waals surface area contributed by atoms with Gasteiger partial charge in [-0.2, -0.15) is 0 Å². The number of hydrogen-bond acceptors (Lipinski definition) is 4. The maximum atomic E-state index is 12.4. The van der Waals surface area contributed by atoms with Gasteiger partial charge in [0.25, 0.3) is 0 Å². The molecule has 1 N–H and O–H groups in total. The molecule has 2 unspecified atom stereocenters. The summed E-state index contributed by atoms with van der Waals surface area (Å²) in [5.74, 6) is 0.0137. The lowest BCUT2D eigenvalue weighted by Crippen LogP contribution is -2.34. The lowest BCUT2D eigenvalue weighted by atomic mass is 10.0. The molecule has 0 fully saturated rings. The van der Waals surface area contributed by atoms with E-state index in [0.29, 0.717) is 5.16 Å². The molecule has 0 radical (unpaired) electrons. The molecule has 0 aliphatic carbocycles. The highest BCUT2D eigenvalue weighted by molar-refractivity contribution is 8.00. The third-order valence-corrected chi connectivity index (χ3v) is 4.28. The minimum absolute atomic E-state index is 0.0137. The van der Waals surface area contributed by atoms with Crippen LogP contribution in [-0.4, -0.2) is 21.1 Å². The van der Waals surface area contributed by atoms with Crippen LogP contribution in [0.25, 0.3) is 0 Å². The predicted octanol–water partition coefficient (Wildman–Crippen LogP) is 3.61. The van der Waals surface area contributed by atoms with Crippen LogP contribution in [0, 0.1) is 0 Å². The molecule has 0 aliphatic heterocycles. The summed E-state index contributed by atoms with van der Waals surface area (Å²) in [6.07, 6.45) is 5.31. The van der Waals surface area contributed by atoms with Crippen molar-refractivity contribution in [1.82, 2.24) is 15.3 Å². The summed E-state index contributed by atoms with van der Waals surface area (Å²) in [5, 5.41) is 3.53. The number of carbonyl (C=O) groups is 1. The fourth-order valence-corrected chi connectivity index (χ4v) is 2.88. The first-order valence-electron chi connectivity index (χ1n) is 7.49. The Labute approximate surface area is 135 Å². The zero-order valence-electron chi connectivity index (χ0n) is 12.9. The van der Waals surface area contributed by atoms with Gasteiger partial charge in [0.15, 0.2) is 5.16 Å². The van der Waals surface area contributed by atoms with Gasteiger partial charge in [0.2, 0.25) is 5.91 Å². The summed E-state index contributed by atoms with van der Waals surface area (Å²) in [6, 6.07) is 11.9. The Bertz CT molecular complexity index is 577. The highest BCUT2D eigenvalue weighted by atomic mass is 32.2. The average molecular weight is 315 g/mol. The van der Waals surface area contributed by atoms with Crippen LogP contribution < -0.4 is 5.32 Å². The van der Waals surface area contributed by atoms with E-state index in [9.17, 15) is 4.79 Å². The van der Waals surface area contributed by atoms with Crippen LogP contribution in [0.15, 0.2) is 53.9 Å². The molecule has 0 spiro atoms. The highest BCUT2D eigenvalue weighted by Crippen LogP contribution is 2.22. The zero-order chi connectivity index (χ0) is 15.8. The second-order valence-electron chi connectivity index (χ2n) is 5.05. The van der Waals surface area contributed by atoms with Gasteiger partial charge in [0.1, 0.15) is 0 Å². The smallest absolute Gasteiger partial charge is 0.233 e. The molecule has 1 heterocycles. The molecule has 1 aromatic heterocycles. The van der Waals surface area contributed by atoms with Gasteiger partial charge in [-0.1, -0.05) is 55.4 Å². The quantitative estimate of drug-likeness (QED) is 0.626. The van der Waals surface area contributed by atoms with Crippen molar-refractivity contribution >= 4 is 17.7 Å². The van der Waals surface area contributed by atoms with Crippen LogP contribution >= 0.6 is 11.8 Å². The van der Waals surface area contributed by atoms with Crippen molar-refractivity contribution in [3.8, 4) is 0 Å². The fraction of sp³-hybridized carbons (Fsp3) is 0.353. The molecule has 5 heteroatoms. The highest BCUT2D eigenvalue weighted by Gasteiger charge is 2.20. The normalized spacial score (nSPS) is 13.4. The molecule has 1 amide bonds. The number of rotatable bonds is 7. The summed E-state index contributed by atoms with van der Waals surface area (Å²) < 4.78 is 0. The molecule has 4 nitrogen and oxygen atoms in total. The minimum atomic E-state index is -0.231. The number of aromatic nitrogens is 2. The Morgan fingerprint density at radius 2 is 1.86 bits per heavy atom. The third kappa shape index (κ3) is 4.84. The number of hydrogen-bond donors (Lipinski definition) is 1. The van der Waals surface area contributed by atoms with Crippen LogP contribution in [0.5, 0.6) is 0 Å². The van der Waals surface area contributed by atoms with E-state index in [1.807, 2.05) is 25.1 Å². The topological polar surface area (TPSA) is 54.9 Å².